The van der Waals surface area contributed by atoms with Crippen molar-refractivity contribution >= 4 is 5.96 Å². The summed E-state index contributed by atoms with van der Waals surface area (Å²) < 4.78 is 5.14. The lowest BCUT2D eigenvalue weighted by Gasteiger charge is -2.11. The zero-order chi connectivity index (χ0) is 17.7. The van der Waals surface area contributed by atoms with E-state index in [1.165, 1.54) is 16.7 Å². The lowest BCUT2D eigenvalue weighted by Crippen LogP contribution is -2.37. The fraction of sp³-hybridized carbons (Fsp3) is 0.381. The normalized spacial score (nSPS) is 11.4. The number of nitrogens with one attached hydrogen (secondary N) is 2. The Morgan fingerprint density at radius 1 is 0.920 bits per heavy atom. The first-order chi connectivity index (χ1) is 12.3. The van der Waals surface area contributed by atoms with Crippen molar-refractivity contribution in [2.24, 2.45) is 4.99 Å². The van der Waals surface area contributed by atoms with E-state index in [-0.39, 0.29) is 0 Å². The van der Waals surface area contributed by atoms with Gasteiger partial charge in [0, 0.05) is 20.2 Å². The highest BCUT2D eigenvalue weighted by Gasteiger charge is 1.99. The topological polar surface area (TPSA) is 45.7 Å². The number of guanidine groups is 1. The van der Waals surface area contributed by atoms with Crippen LogP contribution in [0, 0.1) is 0 Å². The monoisotopic (exact) mass is 339 g/mol. The van der Waals surface area contributed by atoms with E-state index in [1.54, 1.807) is 7.11 Å². The Morgan fingerprint density at radius 3 is 2.32 bits per heavy atom. The maximum Gasteiger partial charge on any atom is 0.191 e. The Labute approximate surface area is 151 Å². The van der Waals surface area contributed by atoms with E-state index in [2.05, 4.69) is 77.1 Å². The molecule has 134 valence electrons. The summed E-state index contributed by atoms with van der Waals surface area (Å²) in [6.45, 7) is 5.17. The molecular weight excluding hydrogens is 310 g/mol. The molecule has 4 heteroatoms. The molecule has 2 N–H and O–H groups in total. The summed E-state index contributed by atoms with van der Waals surface area (Å²) in [5.74, 6) is 0.872. The van der Waals surface area contributed by atoms with Gasteiger partial charge in [-0.15, -0.1) is 0 Å². The first kappa shape index (κ1) is 19.0. The third-order valence-corrected chi connectivity index (χ3v) is 3.88. The second-order valence-electron chi connectivity index (χ2n) is 5.96. The van der Waals surface area contributed by atoms with Gasteiger partial charge in [-0.2, -0.15) is 0 Å². The summed E-state index contributed by atoms with van der Waals surface area (Å²) >= 11 is 0. The molecule has 4 nitrogen and oxygen atoms in total. The second-order valence-corrected chi connectivity index (χ2v) is 5.96. The summed E-state index contributed by atoms with van der Waals surface area (Å²) in [5.41, 5.74) is 3.75. The number of benzene rings is 2. The van der Waals surface area contributed by atoms with Crippen LogP contribution in [-0.4, -0.2) is 26.2 Å². The number of aliphatic imine (C=N–C) groups is 1. The van der Waals surface area contributed by atoms with E-state index < -0.39 is 0 Å². The molecule has 0 aliphatic rings. The molecule has 0 aliphatic carbocycles. The highest BCUT2D eigenvalue weighted by molar-refractivity contribution is 5.79. The fourth-order valence-corrected chi connectivity index (χ4v) is 2.56. The van der Waals surface area contributed by atoms with Gasteiger partial charge in [0.1, 0.15) is 0 Å². The minimum atomic E-state index is 0.648. The van der Waals surface area contributed by atoms with Gasteiger partial charge in [-0.3, -0.25) is 0 Å². The maximum atomic E-state index is 5.14. The van der Waals surface area contributed by atoms with Crippen LogP contribution in [0.2, 0.25) is 0 Å². The number of nitrogens with zero attached hydrogens (tertiary/aromatic N) is 1. The summed E-state index contributed by atoms with van der Waals surface area (Å²) in [6.07, 6.45) is 2.16. The Balaban J connectivity index is 1.79. The molecule has 0 saturated carbocycles. The number of aryl methyl sites for hydroxylation is 1. The molecule has 0 radical (unpaired) electrons. The number of hydrogen-bond acceptors (Lipinski definition) is 2. The molecule has 25 heavy (non-hydrogen) atoms. The van der Waals surface area contributed by atoms with Crippen molar-refractivity contribution in [3.63, 3.8) is 0 Å². The third kappa shape index (κ3) is 7.40. The van der Waals surface area contributed by atoms with E-state index in [4.69, 9.17) is 4.74 Å². The van der Waals surface area contributed by atoms with E-state index in [0.29, 0.717) is 13.2 Å². The number of hydrogen-bond donors (Lipinski definition) is 2. The van der Waals surface area contributed by atoms with Crippen molar-refractivity contribution in [3.8, 4) is 0 Å². The molecule has 0 atom stereocenters. The first-order valence-electron chi connectivity index (χ1n) is 8.94. The molecule has 0 unspecified atom stereocenters. The maximum absolute atomic E-state index is 5.14. The molecule has 0 heterocycles. The van der Waals surface area contributed by atoms with Crippen molar-refractivity contribution in [1.29, 1.82) is 0 Å². The summed E-state index contributed by atoms with van der Waals surface area (Å²) in [4.78, 5) is 4.67. The van der Waals surface area contributed by atoms with Gasteiger partial charge in [-0.05, 0) is 36.5 Å². The molecule has 2 aromatic rings. The molecule has 2 rings (SSSR count). The van der Waals surface area contributed by atoms with Gasteiger partial charge in [0.2, 0.25) is 0 Å². The van der Waals surface area contributed by atoms with Gasteiger partial charge in [0.05, 0.1) is 13.2 Å². The van der Waals surface area contributed by atoms with Crippen molar-refractivity contribution in [2.45, 2.75) is 32.9 Å². The average molecular weight is 339 g/mol. The van der Waals surface area contributed by atoms with Crippen LogP contribution < -0.4 is 10.6 Å². The molecule has 0 aliphatic heterocycles. The molecule has 0 amide bonds. The number of methoxy groups -OCH3 is 1. The Bertz CT molecular complexity index is 623. The van der Waals surface area contributed by atoms with Gasteiger partial charge >= 0.3 is 0 Å². The molecule has 0 aromatic heterocycles. The lowest BCUT2D eigenvalue weighted by molar-refractivity contribution is 0.185. The van der Waals surface area contributed by atoms with Crippen LogP contribution in [0.3, 0.4) is 0 Å². The molecule has 0 bridgehead atoms. The van der Waals surface area contributed by atoms with Crippen LogP contribution >= 0.6 is 0 Å². The zero-order valence-corrected chi connectivity index (χ0v) is 15.3. The van der Waals surface area contributed by atoms with Crippen molar-refractivity contribution < 1.29 is 4.74 Å². The quantitative estimate of drug-likeness (QED) is 0.417. The SMILES string of the molecule is CCNC(=NCc1ccc(COC)cc1)NCCCc1ccccc1. The van der Waals surface area contributed by atoms with Crippen LogP contribution in [0.15, 0.2) is 59.6 Å². The summed E-state index contributed by atoms with van der Waals surface area (Å²) in [7, 11) is 1.71. The minimum Gasteiger partial charge on any atom is -0.380 e. The third-order valence-electron chi connectivity index (χ3n) is 3.88. The van der Waals surface area contributed by atoms with Crippen LogP contribution in [0.1, 0.15) is 30.0 Å². The van der Waals surface area contributed by atoms with E-state index in [0.717, 1.165) is 31.9 Å². The van der Waals surface area contributed by atoms with E-state index >= 15 is 0 Å². The van der Waals surface area contributed by atoms with Gasteiger partial charge < -0.3 is 15.4 Å². The van der Waals surface area contributed by atoms with Crippen LogP contribution in [0.5, 0.6) is 0 Å². The van der Waals surface area contributed by atoms with Crippen LogP contribution in [-0.2, 0) is 24.3 Å². The van der Waals surface area contributed by atoms with Crippen LogP contribution in [0.25, 0.3) is 0 Å². The van der Waals surface area contributed by atoms with Gasteiger partial charge in [-0.25, -0.2) is 4.99 Å². The van der Waals surface area contributed by atoms with Gasteiger partial charge in [-0.1, -0.05) is 54.6 Å². The summed E-state index contributed by atoms with van der Waals surface area (Å²) in [5, 5.41) is 6.71. The van der Waals surface area contributed by atoms with Gasteiger partial charge in [0.25, 0.3) is 0 Å². The fourth-order valence-electron chi connectivity index (χ4n) is 2.56. The van der Waals surface area contributed by atoms with Crippen molar-refractivity contribution in [1.82, 2.24) is 10.6 Å². The number of ether oxygens (including phenoxy) is 1. The van der Waals surface area contributed by atoms with Crippen molar-refractivity contribution in [2.75, 3.05) is 20.2 Å². The Morgan fingerprint density at radius 2 is 1.64 bits per heavy atom. The molecule has 0 spiro atoms. The lowest BCUT2D eigenvalue weighted by atomic mass is 10.1. The van der Waals surface area contributed by atoms with Crippen molar-refractivity contribution in [3.05, 3.63) is 71.3 Å². The predicted octanol–water partition coefficient (Wildman–Crippen LogP) is 3.52. The largest absolute Gasteiger partial charge is 0.380 e. The highest BCUT2D eigenvalue weighted by Crippen LogP contribution is 2.06. The van der Waals surface area contributed by atoms with Gasteiger partial charge in [0.15, 0.2) is 5.96 Å². The average Bonchev–Trinajstić information content (AvgIpc) is 2.65. The number of rotatable bonds is 9. The summed E-state index contributed by atoms with van der Waals surface area (Å²) in [6, 6.07) is 19.0. The molecular formula is C21H29N3O. The minimum absolute atomic E-state index is 0.648. The second kappa shape index (κ2) is 11.3. The first-order valence-corrected chi connectivity index (χ1v) is 8.94. The smallest absolute Gasteiger partial charge is 0.191 e. The molecule has 2 aromatic carbocycles. The predicted molar refractivity (Wildman–Crippen MR) is 105 cm³/mol. The van der Waals surface area contributed by atoms with E-state index in [9.17, 15) is 0 Å². The highest BCUT2D eigenvalue weighted by atomic mass is 16.5. The Kier molecular flexibility index (Phi) is 8.56. The van der Waals surface area contributed by atoms with Crippen LogP contribution in [0.4, 0.5) is 0 Å². The molecule has 0 fully saturated rings. The molecule has 0 saturated heterocycles. The standard InChI is InChI=1S/C21H29N3O/c1-3-22-21(23-15-7-10-18-8-5-4-6-9-18)24-16-19-11-13-20(14-12-19)17-25-2/h4-6,8-9,11-14H,3,7,10,15-17H2,1-2H3,(H2,22,23,24). The Hall–Kier alpha value is -2.33. The zero-order valence-electron chi connectivity index (χ0n) is 15.3. The van der Waals surface area contributed by atoms with E-state index in [1.807, 2.05) is 0 Å².